The zero-order chi connectivity index (χ0) is 19.2. The Morgan fingerprint density at radius 1 is 1.22 bits per heavy atom. The van der Waals surface area contributed by atoms with Gasteiger partial charge in [0.25, 0.3) is 0 Å². The van der Waals surface area contributed by atoms with Gasteiger partial charge >= 0.3 is 0 Å². The first-order chi connectivity index (χ1) is 12.9. The van der Waals surface area contributed by atoms with Crippen LogP contribution in [0.1, 0.15) is 37.1 Å². The van der Waals surface area contributed by atoms with E-state index in [1.54, 1.807) is 12.1 Å². The van der Waals surface area contributed by atoms with Crippen LogP contribution in [-0.4, -0.2) is 28.3 Å². The lowest BCUT2D eigenvalue weighted by Crippen LogP contribution is -2.48. The third-order valence-corrected chi connectivity index (χ3v) is 5.90. The summed E-state index contributed by atoms with van der Waals surface area (Å²) in [6, 6.07) is 16.0. The first-order valence-electron chi connectivity index (χ1n) is 9.41. The molecule has 0 unspecified atom stereocenters. The van der Waals surface area contributed by atoms with Crippen molar-refractivity contribution in [2.45, 2.75) is 44.6 Å². The minimum absolute atomic E-state index is 0.0624. The zero-order valence-electron chi connectivity index (χ0n) is 16.0. The summed E-state index contributed by atoms with van der Waals surface area (Å²) in [4.78, 5) is 15.2. The Morgan fingerprint density at radius 2 is 1.96 bits per heavy atom. The Morgan fingerprint density at radius 3 is 2.70 bits per heavy atom. The Kier molecular flexibility index (Phi) is 4.29. The third-order valence-electron chi connectivity index (χ3n) is 5.90. The highest BCUT2D eigenvalue weighted by Gasteiger charge is 2.36. The van der Waals surface area contributed by atoms with Crippen LogP contribution in [-0.2, 0) is 23.1 Å². The summed E-state index contributed by atoms with van der Waals surface area (Å²) in [5.74, 6) is -0.223. The molecule has 4 rings (SSSR count). The van der Waals surface area contributed by atoms with Crippen LogP contribution < -0.4 is 0 Å². The van der Waals surface area contributed by atoms with E-state index >= 15 is 0 Å². The molecular weight excluding hydrogens is 339 g/mol. The maximum Gasteiger partial charge on any atom is 0.232 e. The van der Waals surface area contributed by atoms with E-state index in [2.05, 4.69) is 22.7 Å². The molecule has 1 radical (unpaired) electrons. The number of amides is 1. The fraction of sp³-hybridized carbons (Fsp3) is 0.348. The molecule has 0 fully saturated rings. The van der Waals surface area contributed by atoms with E-state index in [1.165, 1.54) is 23.4 Å². The minimum atomic E-state index is -0.698. The predicted octanol–water partition coefficient (Wildman–Crippen LogP) is 4.17. The highest BCUT2D eigenvalue weighted by Crippen LogP contribution is 2.31. The van der Waals surface area contributed by atoms with Crippen molar-refractivity contribution in [1.82, 2.24) is 9.30 Å². The van der Waals surface area contributed by atoms with Crippen molar-refractivity contribution in [1.29, 1.82) is 0 Å². The molecule has 0 saturated carbocycles. The normalized spacial score (nSPS) is 17.0. The van der Waals surface area contributed by atoms with Gasteiger partial charge in [0.05, 0.1) is 10.9 Å². The van der Waals surface area contributed by atoms with Crippen molar-refractivity contribution < 1.29 is 9.18 Å². The summed E-state index contributed by atoms with van der Waals surface area (Å²) < 4.78 is 15.4. The van der Waals surface area contributed by atoms with Crippen molar-refractivity contribution in [2.75, 3.05) is 7.05 Å². The summed E-state index contributed by atoms with van der Waals surface area (Å²) in [7, 11) is 1.89. The number of pyridine rings is 1. The number of hydrogen-bond donors (Lipinski definition) is 0. The largest absolute Gasteiger partial charge is 0.342 e. The van der Waals surface area contributed by atoms with E-state index in [9.17, 15) is 9.18 Å². The topological polar surface area (TPSA) is 24.7 Å². The van der Waals surface area contributed by atoms with E-state index in [0.717, 1.165) is 30.3 Å². The van der Waals surface area contributed by atoms with Gasteiger partial charge < -0.3 is 9.30 Å². The molecule has 0 saturated heterocycles. The molecule has 139 valence electrons. The molecule has 0 spiro atoms. The molecule has 1 amide bonds. The number of likely N-dealkylation sites (N-methyl/N-ethyl adjacent to an activating group) is 1. The number of aromatic nitrogens is 1. The summed E-state index contributed by atoms with van der Waals surface area (Å²) in [6.07, 6.45) is 4.75. The van der Waals surface area contributed by atoms with Gasteiger partial charge in [-0.25, -0.2) is 4.39 Å². The quantitative estimate of drug-likeness (QED) is 0.685. The Bertz CT molecular complexity index is 987. The van der Waals surface area contributed by atoms with Gasteiger partial charge in [-0.1, -0.05) is 18.2 Å². The summed E-state index contributed by atoms with van der Waals surface area (Å²) in [6.45, 7) is 3.82. The van der Waals surface area contributed by atoms with Crippen LogP contribution in [0.5, 0.6) is 0 Å². The maximum absolute atomic E-state index is 13.3. The van der Waals surface area contributed by atoms with Gasteiger partial charge in [0.2, 0.25) is 5.91 Å². The molecule has 2 aromatic heterocycles. The number of benzene rings is 1. The second-order valence-corrected chi connectivity index (χ2v) is 7.95. The molecule has 1 aliphatic carbocycles. The van der Waals surface area contributed by atoms with E-state index in [1.807, 2.05) is 37.9 Å². The monoisotopic (exact) mass is 363 g/mol. The van der Waals surface area contributed by atoms with Crippen LogP contribution in [0.15, 0.2) is 48.7 Å². The van der Waals surface area contributed by atoms with Crippen molar-refractivity contribution in [2.24, 2.45) is 0 Å². The molecular formula is C23H24FN2O. The third kappa shape index (κ3) is 3.03. The number of aryl methyl sites for hydroxylation is 1. The van der Waals surface area contributed by atoms with E-state index in [4.69, 9.17) is 0 Å². The van der Waals surface area contributed by atoms with Crippen LogP contribution >= 0.6 is 0 Å². The van der Waals surface area contributed by atoms with Gasteiger partial charge in [0, 0.05) is 37.5 Å². The number of fused-ring (bicyclic) bond motifs is 3. The first-order valence-corrected chi connectivity index (χ1v) is 9.41. The number of halogens is 1. The SMILES string of the molecule is CN(C(=O)C(C)(C)c1ccc(F)cc1)[C@@H]1CCc2[c]c3ccccn3c2C1. The molecule has 1 aromatic carbocycles. The fourth-order valence-corrected chi connectivity index (χ4v) is 4.14. The molecule has 0 N–H and O–H groups in total. The molecule has 1 atom stereocenters. The Hall–Kier alpha value is -2.62. The number of nitrogens with zero attached hydrogens (tertiary/aromatic N) is 2. The maximum atomic E-state index is 13.3. The molecule has 3 aromatic rings. The van der Waals surface area contributed by atoms with E-state index in [-0.39, 0.29) is 17.8 Å². The summed E-state index contributed by atoms with van der Waals surface area (Å²) >= 11 is 0. The molecule has 3 nitrogen and oxygen atoms in total. The second-order valence-electron chi connectivity index (χ2n) is 7.95. The molecule has 27 heavy (non-hydrogen) atoms. The van der Waals surface area contributed by atoms with Crippen LogP contribution in [0.3, 0.4) is 0 Å². The zero-order valence-corrected chi connectivity index (χ0v) is 16.0. The molecule has 1 aliphatic rings. The predicted molar refractivity (Wildman–Crippen MR) is 104 cm³/mol. The Labute approximate surface area is 159 Å². The molecule has 2 heterocycles. The number of hydrogen-bond acceptors (Lipinski definition) is 1. The van der Waals surface area contributed by atoms with Crippen molar-refractivity contribution in [3.63, 3.8) is 0 Å². The minimum Gasteiger partial charge on any atom is -0.342 e. The van der Waals surface area contributed by atoms with Crippen molar-refractivity contribution in [3.8, 4) is 0 Å². The van der Waals surface area contributed by atoms with Gasteiger partial charge in [-0.15, -0.1) is 0 Å². The standard InChI is InChI=1S/C23H24FN2O/c1-23(2,17-8-10-18(24)11-9-17)22(27)25(3)19-12-7-16-14-20-6-4-5-13-26(20)21(16)15-19/h4-6,8-11,13,19H,7,12,15H2,1-3H3/t19-/m1/s1. The fourth-order valence-electron chi connectivity index (χ4n) is 4.14. The van der Waals surface area contributed by atoms with Gasteiger partial charge in [0.15, 0.2) is 0 Å². The van der Waals surface area contributed by atoms with Crippen LogP contribution in [0, 0.1) is 11.9 Å². The van der Waals surface area contributed by atoms with E-state index < -0.39 is 5.41 Å². The highest BCUT2D eigenvalue weighted by atomic mass is 19.1. The van der Waals surface area contributed by atoms with Crippen LogP contribution in [0.4, 0.5) is 4.39 Å². The number of rotatable bonds is 3. The highest BCUT2D eigenvalue weighted by molar-refractivity contribution is 5.87. The van der Waals surface area contributed by atoms with Gasteiger partial charge in [-0.3, -0.25) is 4.79 Å². The van der Waals surface area contributed by atoms with Gasteiger partial charge in [-0.05, 0) is 62.1 Å². The number of carbonyl (C=O) groups excluding carboxylic acids is 1. The lowest BCUT2D eigenvalue weighted by atomic mass is 9.82. The first kappa shape index (κ1) is 17.8. The van der Waals surface area contributed by atoms with Crippen molar-refractivity contribution in [3.05, 3.63) is 77.4 Å². The summed E-state index contributed by atoms with van der Waals surface area (Å²) in [5.41, 5.74) is 3.73. The van der Waals surface area contributed by atoms with E-state index in [0.29, 0.717) is 0 Å². The second kappa shape index (κ2) is 6.52. The molecule has 0 aliphatic heterocycles. The average molecular weight is 363 g/mol. The smallest absolute Gasteiger partial charge is 0.232 e. The van der Waals surface area contributed by atoms with Crippen molar-refractivity contribution >= 4 is 11.4 Å². The average Bonchev–Trinajstić information content (AvgIpc) is 3.05. The van der Waals surface area contributed by atoms with Crippen LogP contribution in [0.2, 0.25) is 0 Å². The van der Waals surface area contributed by atoms with Crippen LogP contribution in [0.25, 0.3) is 5.52 Å². The van der Waals surface area contributed by atoms with Gasteiger partial charge in [-0.2, -0.15) is 0 Å². The Balaban J connectivity index is 1.58. The summed E-state index contributed by atoms with van der Waals surface area (Å²) in [5, 5.41) is 0. The lowest BCUT2D eigenvalue weighted by molar-refractivity contribution is -0.137. The van der Waals surface area contributed by atoms with Gasteiger partial charge in [0.1, 0.15) is 5.82 Å². The molecule has 0 bridgehead atoms. The lowest BCUT2D eigenvalue weighted by Gasteiger charge is -2.37. The molecule has 4 heteroatoms. The number of carbonyl (C=O) groups is 1.